The predicted octanol–water partition coefficient (Wildman–Crippen LogP) is 3.66. The second kappa shape index (κ2) is 7.08. The molecule has 2 nitrogen and oxygen atoms in total. The molecule has 0 radical (unpaired) electrons. The van der Waals surface area contributed by atoms with Crippen LogP contribution in [0, 0.1) is 11.8 Å². The van der Waals surface area contributed by atoms with E-state index in [1.165, 1.54) is 51.6 Å². The third-order valence-corrected chi connectivity index (χ3v) is 5.39. The van der Waals surface area contributed by atoms with E-state index < -0.39 is 0 Å². The summed E-state index contributed by atoms with van der Waals surface area (Å²) in [5.41, 5.74) is 0. The Bertz CT molecular complexity index is 250. The molecule has 2 aliphatic rings. The van der Waals surface area contributed by atoms with Crippen LogP contribution in [0.3, 0.4) is 0 Å². The number of hydrogen-bond donors (Lipinski definition) is 1. The van der Waals surface area contributed by atoms with Gasteiger partial charge in [0, 0.05) is 31.2 Å². The van der Waals surface area contributed by atoms with Gasteiger partial charge in [0.05, 0.1) is 0 Å². The Labute approximate surface area is 120 Å². The molecule has 2 fully saturated rings. The van der Waals surface area contributed by atoms with Gasteiger partial charge in [0.2, 0.25) is 0 Å². The highest BCUT2D eigenvalue weighted by atomic mass is 15.2. The minimum absolute atomic E-state index is 0.724. The first-order valence-electron chi connectivity index (χ1n) is 8.65. The van der Waals surface area contributed by atoms with Gasteiger partial charge in [-0.2, -0.15) is 0 Å². The summed E-state index contributed by atoms with van der Waals surface area (Å²) in [7, 11) is 0. The number of nitrogens with zero attached hydrogens (tertiary/aromatic N) is 1. The molecule has 0 aromatic carbocycles. The highest BCUT2D eigenvalue weighted by Gasteiger charge is 2.40. The maximum atomic E-state index is 4.04. The van der Waals surface area contributed by atoms with E-state index in [9.17, 15) is 0 Å². The van der Waals surface area contributed by atoms with Gasteiger partial charge in [-0.05, 0) is 51.4 Å². The van der Waals surface area contributed by atoms with Gasteiger partial charge in [-0.3, -0.25) is 0 Å². The van der Waals surface area contributed by atoms with Gasteiger partial charge < -0.3 is 10.2 Å². The lowest BCUT2D eigenvalue weighted by Gasteiger charge is -2.50. The summed E-state index contributed by atoms with van der Waals surface area (Å²) in [5, 5.41) is 4.04. The van der Waals surface area contributed by atoms with Crippen molar-refractivity contribution in [1.29, 1.82) is 0 Å². The monoisotopic (exact) mass is 266 g/mol. The van der Waals surface area contributed by atoms with Crippen LogP contribution in [0.1, 0.15) is 66.2 Å². The summed E-state index contributed by atoms with van der Waals surface area (Å²) in [5.74, 6) is 1.81. The van der Waals surface area contributed by atoms with Crippen LogP contribution in [0.5, 0.6) is 0 Å². The molecular weight excluding hydrogens is 232 g/mol. The Morgan fingerprint density at radius 2 is 1.74 bits per heavy atom. The van der Waals surface area contributed by atoms with Crippen LogP contribution in [-0.4, -0.2) is 36.1 Å². The molecule has 2 heteroatoms. The SMILES string of the molecule is CCCC(CC)NC1C2CCCC1CN(C(C)C)C2. The molecule has 1 heterocycles. The van der Waals surface area contributed by atoms with Crippen LogP contribution < -0.4 is 5.32 Å². The molecule has 2 bridgehead atoms. The zero-order chi connectivity index (χ0) is 13.8. The fraction of sp³-hybridized carbons (Fsp3) is 1.00. The molecule has 0 aromatic rings. The Morgan fingerprint density at radius 3 is 2.21 bits per heavy atom. The Hall–Kier alpha value is -0.0800. The lowest BCUT2D eigenvalue weighted by molar-refractivity contribution is 0.0242. The van der Waals surface area contributed by atoms with E-state index in [4.69, 9.17) is 0 Å². The number of nitrogens with one attached hydrogen (secondary N) is 1. The topological polar surface area (TPSA) is 15.3 Å². The molecule has 1 saturated heterocycles. The van der Waals surface area contributed by atoms with Gasteiger partial charge in [-0.1, -0.05) is 26.7 Å². The lowest BCUT2D eigenvalue weighted by atomic mass is 9.72. The summed E-state index contributed by atoms with van der Waals surface area (Å²) in [4.78, 5) is 2.72. The largest absolute Gasteiger partial charge is 0.311 e. The third kappa shape index (κ3) is 3.72. The molecule has 1 aliphatic carbocycles. The van der Waals surface area contributed by atoms with E-state index in [1.54, 1.807) is 0 Å². The molecule has 1 N–H and O–H groups in total. The van der Waals surface area contributed by atoms with Gasteiger partial charge >= 0.3 is 0 Å². The Kier molecular flexibility index (Phi) is 5.70. The average Bonchev–Trinajstić information content (AvgIpc) is 2.37. The zero-order valence-electron chi connectivity index (χ0n) is 13.5. The van der Waals surface area contributed by atoms with Gasteiger partial charge in [0.1, 0.15) is 0 Å². The molecule has 1 aliphatic heterocycles. The van der Waals surface area contributed by atoms with E-state index in [0.717, 1.165) is 30.0 Å². The van der Waals surface area contributed by atoms with Crippen LogP contribution in [-0.2, 0) is 0 Å². The fourth-order valence-electron chi connectivity index (χ4n) is 4.19. The molecule has 0 aromatic heterocycles. The van der Waals surface area contributed by atoms with Crippen molar-refractivity contribution in [2.24, 2.45) is 11.8 Å². The van der Waals surface area contributed by atoms with Crippen LogP contribution in [0.2, 0.25) is 0 Å². The molecule has 3 atom stereocenters. The highest BCUT2D eigenvalue weighted by Crippen LogP contribution is 2.36. The first-order chi connectivity index (χ1) is 9.15. The second-order valence-corrected chi connectivity index (χ2v) is 7.09. The molecule has 19 heavy (non-hydrogen) atoms. The maximum Gasteiger partial charge on any atom is 0.0151 e. The number of rotatable bonds is 6. The lowest BCUT2D eigenvalue weighted by Crippen LogP contribution is -2.59. The van der Waals surface area contributed by atoms with Gasteiger partial charge in [-0.25, -0.2) is 0 Å². The summed E-state index contributed by atoms with van der Waals surface area (Å²) in [6.45, 7) is 12.0. The van der Waals surface area contributed by atoms with Crippen molar-refractivity contribution in [3.8, 4) is 0 Å². The number of likely N-dealkylation sites (tertiary alicyclic amines) is 1. The molecule has 0 amide bonds. The van der Waals surface area contributed by atoms with E-state index in [-0.39, 0.29) is 0 Å². The fourth-order valence-corrected chi connectivity index (χ4v) is 4.19. The zero-order valence-corrected chi connectivity index (χ0v) is 13.5. The molecular formula is C17H34N2. The van der Waals surface area contributed by atoms with Gasteiger partial charge in [-0.15, -0.1) is 0 Å². The number of fused-ring (bicyclic) bond motifs is 2. The van der Waals surface area contributed by atoms with E-state index in [1.807, 2.05) is 0 Å². The maximum absolute atomic E-state index is 4.04. The van der Waals surface area contributed by atoms with Crippen molar-refractivity contribution in [1.82, 2.24) is 10.2 Å². The minimum atomic E-state index is 0.724. The van der Waals surface area contributed by atoms with Crippen LogP contribution in [0.4, 0.5) is 0 Å². The van der Waals surface area contributed by atoms with E-state index >= 15 is 0 Å². The first kappa shape index (κ1) is 15.3. The van der Waals surface area contributed by atoms with E-state index in [0.29, 0.717) is 0 Å². The predicted molar refractivity (Wildman–Crippen MR) is 83.5 cm³/mol. The summed E-state index contributed by atoms with van der Waals surface area (Å²) < 4.78 is 0. The van der Waals surface area contributed by atoms with Gasteiger partial charge in [0.15, 0.2) is 0 Å². The van der Waals surface area contributed by atoms with Crippen LogP contribution in [0.25, 0.3) is 0 Å². The quantitative estimate of drug-likeness (QED) is 0.789. The van der Waals surface area contributed by atoms with Crippen LogP contribution >= 0.6 is 0 Å². The summed E-state index contributed by atoms with van der Waals surface area (Å²) in [6.07, 6.45) is 8.30. The average molecular weight is 266 g/mol. The van der Waals surface area contributed by atoms with Crippen molar-refractivity contribution in [2.45, 2.75) is 84.3 Å². The summed E-state index contributed by atoms with van der Waals surface area (Å²) >= 11 is 0. The van der Waals surface area contributed by atoms with Crippen molar-refractivity contribution in [2.75, 3.05) is 13.1 Å². The van der Waals surface area contributed by atoms with E-state index in [2.05, 4.69) is 37.9 Å². The Balaban J connectivity index is 1.97. The molecule has 3 unspecified atom stereocenters. The summed E-state index contributed by atoms with van der Waals surface area (Å²) in [6, 6.07) is 2.28. The molecule has 0 spiro atoms. The van der Waals surface area contributed by atoms with Crippen molar-refractivity contribution in [3.05, 3.63) is 0 Å². The Morgan fingerprint density at radius 1 is 1.11 bits per heavy atom. The second-order valence-electron chi connectivity index (χ2n) is 7.09. The van der Waals surface area contributed by atoms with Crippen molar-refractivity contribution >= 4 is 0 Å². The minimum Gasteiger partial charge on any atom is -0.311 e. The highest BCUT2D eigenvalue weighted by molar-refractivity contribution is 4.96. The smallest absolute Gasteiger partial charge is 0.0151 e. The normalized spacial score (nSPS) is 33.6. The van der Waals surface area contributed by atoms with Gasteiger partial charge in [0.25, 0.3) is 0 Å². The standard InChI is InChI=1S/C17H34N2/c1-5-8-16(6-2)18-17-14-9-7-10-15(17)12-19(11-14)13(3)4/h13-18H,5-12H2,1-4H3. The third-order valence-electron chi connectivity index (χ3n) is 5.39. The molecule has 112 valence electrons. The first-order valence-corrected chi connectivity index (χ1v) is 8.65. The molecule has 1 saturated carbocycles. The molecule has 2 rings (SSSR count). The van der Waals surface area contributed by atoms with Crippen LogP contribution in [0.15, 0.2) is 0 Å². The number of hydrogen-bond acceptors (Lipinski definition) is 2. The van der Waals surface area contributed by atoms with Crippen molar-refractivity contribution in [3.63, 3.8) is 0 Å². The number of piperidine rings is 1. The van der Waals surface area contributed by atoms with Crippen molar-refractivity contribution < 1.29 is 0 Å².